The second-order valence-electron chi connectivity index (χ2n) is 3.90. The number of imidazole rings is 1. The summed E-state index contributed by atoms with van der Waals surface area (Å²) in [5.41, 5.74) is 8.98. The number of nitrogens with zero attached hydrogens (tertiary/aromatic N) is 2. The average molecular weight is 387 g/mol. The van der Waals surface area contributed by atoms with Gasteiger partial charge < -0.3 is 5.73 Å². The van der Waals surface area contributed by atoms with E-state index in [9.17, 15) is 0 Å². The minimum absolute atomic E-state index is 0.673. The average Bonchev–Trinajstić information content (AvgIpc) is 2.89. The van der Waals surface area contributed by atoms with Crippen LogP contribution in [0.1, 0.15) is 5.69 Å². The first kappa shape index (κ1) is 12.2. The van der Waals surface area contributed by atoms with E-state index in [1.165, 1.54) is 0 Å². The maximum absolute atomic E-state index is 6.23. The SMILES string of the molecule is Cc1c(Br)ccc2nc(-c3sccc3Br)c(N)n12. The van der Waals surface area contributed by atoms with Gasteiger partial charge in [-0.05, 0) is 62.4 Å². The molecule has 0 saturated heterocycles. The van der Waals surface area contributed by atoms with E-state index in [0.717, 1.165) is 30.9 Å². The van der Waals surface area contributed by atoms with Gasteiger partial charge in [0.2, 0.25) is 0 Å². The Morgan fingerprint density at radius 1 is 1.22 bits per heavy atom. The molecule has 0 aliphatic carbocycles. The lowest BCUT2D eigenvalue weighted by Crippen LogP contribution is -1.98. The second kappa shape index (κ2) is 4.36. The zero-order valence-corrected chi connectivity index (χ0v) is 13.4. The molecule has 3 rings (SSSR count). The fourth-order valence-electron chi connectivity index (χ4n) is 1.92. The Labute approximate surface area is 125 Å². The third-order valence-corrected chi connectivity index (χ3v) is 5.51. The molecule has 3 heterocycles. The van der Waals surface area contributed by atoms with Crippen LogP contribution in [0.15, 0.2) is 32.5 Å². The van der Waals surface area contributed by atoms with Crippen molar-refractivity contribution in [1.82, 2.24) is 9.38 Å². The lowest BCUT2D eigenvalue weighted by Gasteiger charge is -2.04. The van der Waals surface area contributed by atoms with Gasteiger partial charge in [0.15, 0.2) is 0 Å². The molecule has 18 heavy (non-hydrogen) atoms. The highest BCUT2D eigenvalue weighted by atomic mass is 79.9. The first-order chi connectivity index (χ1) is 8.59. The van der Waals surface area contributed by atoms with Crippen molar-refractivity contribution in [2.45, 2.75) is 6.92 Å². The van der Waals surface area contributed by atoms with Crippen molar-refractivity contribution in [3.05, 3.63) is 38.2 Å². The van der Waals surface area contributed by atoms with Crippen LogP contribution in [0.4, 0.5) is 5.82 Å². The number of pyridine rings is 1. The Bertz CT molecular complexity index is 745. The largest absolute Gasteiger partial charge is 0.383 e. The molecule has 3 aromatic heterocycles. The molecule has 0 spiro atoms. The van der Waals surface area contributed by atoms with Crippen LogP contribution in [-0.2, 0) is 0 Å². The number of hydrogen-bond acceptors (Lipinski definition) is 3. The summed E-state index contributed by atoms with van der Waals surface area (Å²) in [7, 11) is 0. The molecule has 0 atom stereocenters. The predicted molar refractivity (Wildman–Crippen MR) is 83.1 cm³/mol. The van der Waals surface area contributed by atoms with Crippen LogP contribution in [-0.4, -0.2) is 9.38 Å². The summed E-state index contributed by atoms with van der Waals surface area (Å²) in [4.78, 5) is 5.68. The molecule has 3 aromatic rings. The standard InChI is InChI=1S/C12H9Br2N3S/c1-6-7(13)2-3-9-16-10(12(15)17(6)9)11-8(14)4-5-18-11/h2-5H,15H2,1H3. The highest BCUT2D eigenvalue weighted by Crippen LogP contribution is 2.37. The molecule has 3 nitrogen and oxygen atoms in total. The Morgan fingerprint density at radius 2 is 2.00 bits per heavy atom. The van der Waals surface area contributed by atoms with E-state index < -0.39 is 0 Å². The molecule has 0 saturated carbocycles. The second-order valence-corrected chi connectivity index (χ2v) is 6.53. The van der Waals surface area contributed by atoms with Crippen LogP contribution < -0.4 is 5.73 Å². The summed E-state index contributed by atoms with van der Waals surface area (Å²) in [6.07, 6.45) is 0. The summed E-state index contributed by atoms with van der Waals surface area (Å²) in [5.74, 6) is 0.673. The van der Waals surface area contributed by atoms with E-state index >= 15 is 0 Å². The molecule has 0 fully saturated rings. The zero-order chi connectivity index (χ0) is 12.9. The van der Waals surface area contributed by atoms with Crippen LogP contribution in [0.2, 0.25) is 0 Å². The lowest BCUT2D eigenvalue weighted by atomic mass is 10.3. The molecule has 0 bridgehead atoms. The third-order valence-electron chi connectivity index (χ3n) is 2.83. The number of halogens is 2. The zero-order valence-electron chi connectivity index (χ0n) is 9.45. The number of hydrogen-bond donors (Lipinski definition) is 1. The van der Waals surface area contributed by atoms with Crippen LogP contribution in [0.3, 0.4) is 0 Å². The third kappa shape index (κ3) is 1.71. The highest BCUT2D eigenvalue weighted by Gasteiger charge is 2.16. The highest BCUT2D eigenvalue weighted by molar-refractivity contribution is 9.11. The fraction of sp³-hybridized carbons (Fsp3) is 0.0833. The van der Waals surface area contributed by atoms with Crippen LogP contribution >= 0.6 is 43.2 Å². The quantitative estimate of drug-likeness (QED) is 0.670. The first-order valence-electron chi connectivity index (χ1n) is 5.26. The van der Waals surface area contributed by atoms with Crippen molar-refractivity contribution in [2.75, 3.05) is 5.73 Å². The topological polar surface area (TPSA) is 43.3 Å². The van der Waals surface area contributed by atoms with Crippen molar-refractivity contribution >= 4 is 54.7 Å². The molecule has 0 aromatic carbocycles. The van der Waals surface area contributed by atoms with Gasteiger partial charge in [-0.1, -0.05) is 0 Å². The Hall–Kier alpha value is -0.850. The minimum atomic E-state index is 0.673. The molecule has 0 radical (unpaired) electrons. The molecule has 0 aliphatic heterocycles. The van der Waals surface area contributed by atoms with E-state index in [4.69, 9.17) is 5.73 Å². The van der Waals surface area contributed by atoms with Gasteiger partial charge in [-0.25, -0.2) is 4.98 Å². The van der Waals surface area contributed by atoms with Crippen LogP contribution in [0.5, 0.6) is 0 Å². The predicted octanol–water partition coefficient (Wildman–Crippen LogP) is 4.48. The van der Waals surface area contributed by atoms with Gasteiger partial charge in [0.25, 0.3) is 0 Å². The molecular formula is C12H9Br2N3S. The van der Waals surface area contributed by atoms with Crippen molar-refractivity contribution in [3.8, 4) is 10.6 Å². The summed E-state index contributed by atoms with van der Waals surface area (Å²) in [5, 5.41) is 2.02. The number of fused-ring (bicyclic) bond motifs is 1. The summed E-state index contributed by atoms with van der Waals surface area (Å²) >= 11 is 8.66. The molecule has 2 N–H and O–H groups in total. The number of thiophene rings is 1. The van der Waals surface area contributed by atoms with E-state index in [1.54, 1.807) is 11.3 Å². The van der Waals surface area contributed by atoms with Gasteiger partial charge >= 0.3 is 0 Å². The maximum Gasteiger partial charge on any atom is 0.139 e. The van der Waals surface area contributed by atoms with E-state index in [0.29, 0.717) is 5.82 Å². The van der Waals surface area contributed by atoms with Gasteiger partial charge in [0, 0.05) is 14.6 Å². The number of nitrogens with two attached hydrogens (primary N) is 1. The van der Waals surface area contributed by atoms with Gasteiger partial charge in [0.1, 0.15) is 17.2 Å². The summed E-state index contributed by atoms with van der Waals surface area (Å²) in [6.45, 7) is 2.02. The van der Waals surface area contributed by atoms with Gasteiger partial charge in [-0.3, -0.25) is 4.40 Å². The normalized spacial score (nSPS) is 11.3. The van der Waals surface area contributed by atoms with Crippen LogP contribution in [0.25, 0.3) is 16.2 Å². The summed E-state index contributed by atoms with van der Waals surface area (Å²) < 4.78 is 4.01. The number of aromatic nitrogens is 2. The maximum atomic E-state index is 6.23. The molecule has 0 unspecified atom stereocenters. The number of rotatable bonds is 1. The van der Waals surface area contributed by atoms with Crippen molar-refractivity contribution in [3.63, 3.8) is 0 Å². The van der Waals surface area contributed by atoms with Crippen molar-refractivity contribution in [1.29, 1.82) is 0 Å². The first-order valence-corrected chi connectivity index (χ1v) is 7.72. The fourth-order valence-corrected chi connectivity index (χ4v) is 3.79. The molecule has 92 valence electrons. The minimum Gasteiger partial charge on any atom is -0.383 e. The molecule has 0 aliphatic rings. The molecule has 6 heteroatoms. The molecule has 0 amide bonds. The van der Waals surface area contributed by atoms with Crippen molar-refractivity contribution in [2.24, 2.45) is 0 Å². The van der Waals surface area contributed by atoms with Gasteiger partial charge in [-0.15, -0.1) is 11.3 Å². The lowest BCUT2D eigenvalue weighted by molar-refractivity contribution is 1.09. The monoisotopic (exact) mass is 385 g/mol. The molecular weight excluding hydrogens is 378 g/mol. The van der Waals surface area contributed by atoms with Gasteiger partial charge in [-0.2, -0.15) is 0 Å². The Balaban J connectivity index is 2.37. The number of aryl methyl sites for hydroxylation is 1. The Morgan fingerprint density at radius 3 is 2.67 bits per heavy atom. The van der Waals surface area contributed by atoms with Crippen LogP contribution in [0, 0.1) is 6.92 Å². The van der Waals surface area contributed by atoms with E-state index in [1.807, 2.05) is 34.9 Å². The van der Waals surface area contributed by atoms with Crippen molar-refractivity contribution < 1.29 is 0 Å². The van der Waals surface area contributed by atoms with E-state index in [-0.39, 0.29) is 0 Å². The van der Waals surface area contributed by atoms with E-state index in [2.05, 4.69) is 36.8 Å². The number of anilines is 1. The van der Waals surface area contributed by atoms with Gasteiger partial charge in [0.05, 0.1) is 4.88 Å². The Kier molecular flexibility index (Phi) is 2.96. The summed E-state index contributed by atoms with van der Waals surface area (Å²) in [6, 6.07) is 5.95. The number of nitrogen functional groups attached to an aromatic ring is 1. The smallest absolute Gasteiger partial charge is 0.139 e.